The molecule has 0 radical (unpaired) electrons. The van der Waals surface area contributed by atoms with Crippen LogP contribution in [0.2, 0.25) is 0 Å². The summed E-state index contributed by atoms with van der Waals surface area (Å²) in [6, 6.07) is 3.38. The summed E-state index contributed by atoms with van der Waals surface area (Å²) in [5, 5.41) is 13.5. The molecular formula is C19H21NO5. The number of hydrogen-bond donors (Lipinski definition) is 2. The number of furan rings is 1. The predicted molar refractivity (Wildman–Crippen MR) is 94.7 cm³/mol. The van der Waals surface area contributed by atoms with Crippen LogP contribution in [-0.2, 0) is 11.2 Å². The van der Waals surface area contributed by atoms with Crippen molar-refractivity contribution in [2.75, 3.05) is 6.61 Å². The monoisotopic (exact) mass is 343 g/mol. The third kappa shape index (κ3) is 3.30. The molecule has 3 rings (SSSR count). The Morgan fingerprint density at radius 1 is 1.24 bits per heavy atom. The lowest BCUT2D eigenvalue weighted by molar-refractivity contribution is -0.121. The first-order valence-corrected chi connectivity index (χ1v) is 8.25. The Labute approximate surface area is 144 Å². The lowest BCUT2D eigenvalue weighted by Gasteiger charge is -2.11. The maximum absolute atomic E-state index is 12.3. The summed E-state index contributed by atoms with van der Waals surface area (Å²) in [5.41, 5.74) is 3.05. The Kier molecular flexibility index (Phi) is 4.63. The first kappa shape index (κ1) is 17.2. The fourth-order valence-electron chi connectivity index (χ4n) is 2.96. The SMILES string of the molecule is Cc1coc2cc3oc(=O)c(CCC(=O)N[C@@H](C)CO)c(C)c3cc12. The summed E-state index contributed by atoms with van der Waals surface area (Å²) in [6.45, 7) is 5.42. The number of aliphatic hydroxyl groups is 1. The molecule has 6 heteroatoms. The highest BCUT2D eigenvalue weighted by Gasteiger charge is 2.15. The van der Waals surface area contributed by atoms with E-state index in [2.05, 4.69) is 5.32 Å². The maximum atomic E-state index is 12.3. The standard InChI is InChI=1S/C19H21NO5/c1-10-9-24-16-7-17-15(6-14(10)16)12(3)13(19(23)25-17)4-5-18(22)20-11(2)8-21/h6-7,9,11,21H,4-5,8H2,1-3H3,(H,20,22)/t11-/m0/s1. The third-order valence-electron chi connectivity index (χ3n) is 4.46. The zero-order valence-electron chi connectivity index (χ0n) is 14.5. The summed E-state index contributed by atoms with van der Waals surface area (Å²) < 4.78 is 10.9. The van der Waals surface area contributed by atoms with Crippen molar-refractivity contribution in [2.24, 2.45) is 0 Å². The number of rotatable bonds is 5. The smallest absolute Gasteiger partial charge is 0.339 e. The Morgan fingerprint density at radius 2 is 2.00 bits per heavy atom. The van der Waals surface area contributed by atoms with E-state index in [9.17, 15) is 9.59 Å². The number of nitrogens with one attached hydrogen (secondary N) is 1. The molecule has 1 amide bonds. The van der Waals surface area contributed by atoms with Gasteiger partial charge >= 0.3 is 5.63 Å². The van der Waals surface area contributed by atoms with Gasteiger partial charge in [-0.3, -0.25) is 4.79 Å². The lowest BCUT2D eigenvalue weighted by Crippen LogP contribution is -2.35. The molecule has 1 atom stereocenters. The Bertz CT molecular complexity index is 998. The highest BCUT2D eigenvalue weighted by molar-refractivity contribution is 5.96. The first-order chi connectivity index (χ1) is 11.9. The predicted octanol–water partition coefficient (Wildman–Crippen LogP) is 2.59. The van der Waals surface area contributed by atoms with Crippen LogP contribution in [0.1, 0.15) is 30.0 Å². The molecule has 3 aromatic rings. The van der Waals surface area contributed by atoms with Gasteiger partial charge in [0.05, 0.1) is 12.9 Å². The fraction of sp³-hybridized carbons (Fsp3) is 0.368. The molecular weight excluding hydrogens is 322 g/mol. The molecule has 0 spiro atoms. The first-order valence-electron chi connectivity index (χ1n) is 8.25. The second kappa shape index (κ2) is 6.72. The molecule has 25 heavy (non-hydrogen) atoms. The molecule has 0 aliphatic carbocycles. The van der Waals surface area contributed by atoms with Crippen molar-refractivity contribution in [2.45, 2.75) is 39.7 Å². The van der Waals surface area contributed by atoms with Gasteiger partial charge in [-0.15, -0.1) is 0 Å². The Morgan fingerprint density at radius 3 is 2.72 bits per heavy atom. The van der Waals surface area contributed by atoms with Crippen molar-refractivity contribution < 1.29 is 18.7 Å². The lowest BCUT2D eigenvalue weighted by atomic mass is 10.0. The van der Waals surface area contributed by atoms with Crippen LogP contribution >= 0.6 is 0 Å². The van der Waals surface area contributed by atoms with Crippen molar-refractivity contribution in [3.05, 3.63) is 45.5 Å². The summed E-state index contributed by atoms with van der Waals surface area (Å²) in [7, 11) is 0. The van der Waals surface area contributed by atoms with Crippen LogP contribution in [0, 0.1) is 13.8 Å². The average molecular weight is 343 g/mol. The summed E-state index contributed by atoms with van der Waals surface area (Å²) >= 11 is 0. The van der Waals surface area contributed by atoms with Crippen LogP contribution in [0.15, 0.2) is 32.0 Å². The van der Waals surface area contributed by atoms with Crippen molar-refractivity contribution >= 4 is 27.8 Å². The molecule has 2 N–H and O–H groups in total. The number of fused-ring (bicyclic) bond motifs is 2. The van der Waals surface area contributed by atoms with E-state index in [0.29, 0.717) is 16.7 Å². The Balaban J connectivity index is 1.95. The van der Waals surface area contributed by atoms with Gasteiger partial charge in [0.15, 0.2) is 0 Å². The zero-order chi connectivity index (χ0) is 18.1. The largest absolute Gasteiger partial charge is 0.464 e. The molecule has 2 heterocycles. The van der Waals surface area contributed by atoms with Crippen LogP contribution in [0.25, 0.3) is 21.9 Å². The second-order valence-electron chi connectivity index (χ2n) is 6.41. The molecule has 0 unspecified atom stereocenters. The number of carbonyl (C=O) groups is 1. The van der Waals surface area contributed by atoms with Gasteiger partial charge in [0, 0.05) is 34.9 Å². The molecule has 1 aromatic carbocycles. The molecule has 0 aliphatic rings. The van der Waals surface area contributed by atoms with Crippen molar-refractivity contribution in [3.63, 3.8) is 0 Å². The minimum absolute atomic E-state index is 0.122. The number of hydrogen-bond acceptors (Lipinski definition) is 5. The highest BCUT2D eigenvalue weighted by atomic mass is 16.4. The molecule has 0 saturated carbocycles. The van der Waals surface area contributed by atoms with Crippen molar-refractivity contribution in [1.82, 2.24) is 5.32 Å². The number of benzene rings is 1. The van der Waals surface area contributed by atoms with Gasteiger partial charge in [0.25, 0.3) is 0 Å². The number of aliphatic hydroxyl groups excluding tert-OH is 1. The van der Waals surface area contributed by atoms with E-state index in [1.54, 1.807) is 19.3 Å². The molecule has 132 valence electrons. The van der Waals surface area contributed by atoms with E-state index in [0.717, 1.165) is 21.9 Å². The van der Waals surface area contributed by atoms with E-state index in [4.69, 9.17) is 13.9 Å². The van der Waals surface area contributed by atoms with Gasteiger partial charge in [0.2, 0.25) is 5.91 Å². The maximum Gasteiger partial charge on any atom is 0.339 e. The molecule has 0 fully saturated rings. The van der Waals surface area contributed by atoms with E-state index in [1.165, 1.54) is 0 Å². The second-order valence-corrected chi connectivity index (χ2v) is 6.41. The van der Waals surface area contributed by atoms with Gasteiger partial charge in [-0.25, -0.2) is 4.79 Å². The van der Waals surface area contributed by atoms with Crippen LogP contribution in [-0.4, -0.2) is 23.7 Å². The topological polar surface area (TPSA) is 92.7 Å². The van der Waals surface area contributed by atoms with E-state index >= 15 is 0 Å². The average Bonchev–Trinajstić information content (AvgIpc) is 2.93. The number of carbonyl (C=O) groups excluding carboxylic acids is 1. The van der Waals surface area contributed by atoms with Gasteiger partial charge in [-0.2, -0.15) is 0 Å². The molecule has 0 saturated heterocycles. The zero-order valence-corrected chi connectivity index (χ0v) is 14.5. The van der Waals surface area contributed by atoms with Crippen LogP contribution in [0.3, 0.4) is 0 Å². The molecule has 0 bridgehead atoms. The normalized spacial score (nSPS) is 12.6. The van der Waals surface area contributed by atoms with Gasteiger partial charge in [0.1, 0.15) is 11.2 Å². The highest BCUT2D eigenvalue weighted by Crippen LogP contribution is 2.28. The van der Waals surface area contributed by atoms with Gasteiger partial charge < -0.3 is 19.3 Å². The molecule has 2 aromatic heterocycles. The van der Waals surface area contributed by atoms with Crippen molar-refractivity contribution in [3.8, 4) is 0 Å². The minimum atomic E-state index is -0.435. The van der Waals surface area contributed by atoms with Crippen LogP contribution in [0.4, 0.5) is 0 Å². The Hall–Kier alpha value is -2.60. The minimum Gasteiger partial charge on any atom is -0.464 e. The van der Waals surface area contributed by atoms with E-state index in [1.807, 2.05) is 19.9 Å². The summed E-state index contributed by atoms with van der Waals surface area (Å²) in [6.07, 6.45) is 2.12. The number of amides is 1. The fourth-order valence-corrected chi connectivity index (χ4v) is 2.96. The van der Waals surface area contributed by atoms with E-state index < -0.39 is 5.63 Å². The summed E-state index contributed by atoms with van der Waals surface area (Å²) in [4.78, 5) is 24.2. The molecule has 0 aliphatic heterocycles. The van der Waals surface area contributed by atoms with Gasteiger partial charge in [-0.1, -0.05) is 0 Å². The third-order valence-corrected chi connectivity index (χ3v) is 4.46. The quantitative estimate of drug-likeness (QED) is 0.695. The van der Waals surface area contributed by atoms with Crippen molar-refractivity contribution in [1.29, 1.82) is 0 Å². The molecule has 6 nitrogen and oxygen atoms in total. The van der Waals surface area contributed by atoms with Crippen LogP contribution in [0.5, 0.6) is 0 Å². The van der Waals surface area contributed by atoms with Crippen LogP contribution < -0.4 is 10.9 Å². The summed E-state index contributed by atoms with van der Waals surface area (Å²) in [5.74, 6) is -0.207. The van der Waals surface area contributed by atoms with Gasteiger partial charge in [-0.05, 0) is 44.4 Å². The van der Waals surface area contributed by atoms with E-state index in [-0.39, 0.29) is 31.4 Å². The number of aryl methyl sites for hydroxylation is 2.